The summed E-state index contributed by atoms with van der Waals surface area (Å²) in [7, 11) is 0. The average Bonchev–Trinajstić information content (AvgIpc) is 2.39. The van der Waals surface area contributed by atoms with Crippen LogP contribution in [0.25, 0.3) is 0 Å². The Morgan fingerprint density at radius 1 is 1.35 bits per heavy atom. The van der Waals surface area contributed by atoms with Crippen molar-refractivity contribution in [2.45, 2.75) is 6.54 Å². The quantitative estimate of drug-likeness (QED) is 0.761. The Morgan fingerprint density at radius 2 is 2.10 bits per heavy atom. The van der Waals surface area contributed by atoms with Crippen LogP contribution in [0, 0.1) is 0 Å². The molecule has 0 aliphatic carbocycles. The van der Waals surface area contributed by atoms with Crippen molar-refractivity contribution >= 4 is 55.1 Å². The number of rotatable bonds is 4. The molecule has 0 saturated carbocycles. The van der Waals surface area contributed by atoms with Gasteiger partial charge in [0.05, 0.1) is 22.8 Å². The molecule has 0 atom stereocenters. The zero-order valence-electron chi connectivity index (χ0n) is 10.0. The first kappa shape index (κ1) is 15.3. The summed E-state index contributed by atoms with van der Waals surface area (Å²) >= 11 is 12.6. The topological polar surface area (TPSA) is 62.2 Å². The number of carboxylic acid groups (broad SMARTS) is 1. The summed E-state index contributed by atoms with van der Waals surface area (Å²) in [6, 6.07) is 6.67. The van der Waals surface area contributed by atoms with E-state index in [9.17, 15) is 4.79 Å². The van der Waals surface area contributed by atoms with Gasteiger partial charge in [-0.05, 0) is 56.1 Å². The van der Waals surface area contributed by atoms with E-state index in [4.69, 9.17) is 16.7 Å². The van der Waals surface area contributed by atoms with E-state index >= 15 is 0 Å². The number of hydrogen-bond donors (Lipinski definition) is 2. The number of halogens is 3. The lowest BCUT2D eigenvalue weighted by Gasteiger charge is -2.09. The molecule has 0 aliphatic rings. The van der Waals surface area contributed by atoms with Gasteiger partial charge in [-0.1, -0.05) is 11.6 Å². The monoisotopic (exact) mass is 418 g/mol. The number of benzene rings is 1. The van der Waals surface area contributed by atoms with Crippen LogP contribution in [-0.2, 0) is 6.54 Å². The third-order valence-corrected chi connectivity index (χ3v) is 3.99. The number of hydrogen-bond acceptors (Lipinski definition) is 3. The van der Waals surface area contributed by atoms with Gasteiger partial charge in [0, 0.05) is 20.8 Å². The highest BCUT2D eigenvalue weighted by Crippen LogP contribution is 2.23. The van der Waals surface area contributed by atoms with Gasteiger partial charge in [-0.25, -0.2) is 4.79 Å². The molecule has 2 rings (SSSR count). The largest absolute Gasteiger partial charge is 0.478 e. The highest BCUT2D eigenvalue weighted by atomic mass is 79.9. The molecule has 0 fully saturated rings. The summed E-state index contributed by atoms with van der Waals surface area (Å²) in [6.07, 6.45) is 1.70. The summed E-state index contributed by atoms with van der Waals surface area (Å²) < 4.78 is 1.75. The van der Waals surface area contributed by atoms with E-state index in [-0.39, 0.29) is 10.6 Å². The summed E-state index contributed by atoms with van der Waals surface area (Å²) in [6.45, 7) is 0.467. The van der Waals surface area contributed by atoms with Crippen LogP contribution in [0.1, 0.15) is 16.1 Å². The number of carbonyl (C=O) groups is 1. The number of anilines is 1. The Labute approximate surface area is 137 Å². The minimum Gasteiger partial charge on any atom is -0.478 e. The molecule has 104 valence electrons. The first-order chi connectivity index (χ1) is 9.47. The minimum absolute atomic E-state index is 0.0690. The van der Waals surface area contributed by atoms with Crippen molar-refractivity contribution in [3.8, 4) is 0 Å². The van der Waals surface area contributed by atoms with Crippen molar-refractivity contribution in [2.24, 2.45) is 0 Å². The number of carboxylic acids is 1. The molecule has 0 amide bonds. The summed E-state index contributed by atoms with van der Waals surface area (Å²) in [5.41, 5.74) is 1.56. The van der Waals surface area contributed by atoms with E-state index in [1.807, 2.05) is 6.07 Å². The van der Waals surface area contributed by atoms with E-state index in [1.165, 1.54) is 6.07 Å². The van der Waals surface area contributed by atoms with Crippen LogP contribution in [0.4, 0.5) is 5.69 Å². The number of nitrogens with one attached hydrogen (secondary N) is 1. The van der Waals surface area contributed by atoms with Gasteiger partial charge in [-0.3, -0.25) is 4.98 Å². The first-order valence-corrected chi connectivity index (χ1v) is 7.50. The molecule has 0 radical (unpaired) electrons. The molecular formula is C13H9Br2ClN2O2. The van der Waals surface area contributed by atoms with Crippen molar-refractivity contribution < 1.29 is 9.90 Å². The van der Waals surface area contributed by atoms with E-state index in [2.05, 4.69) is 42.2 Å². The van der Waals surface area contributed by atoms with Crippen molar-refractivity contribution in [3.05, 3.63) is 55.7 Å². The fraction of sp³-hybridized carbons (Fsp3) is 0.0769. The van der Waals surface area contributed by atoms with Crippen LogP contribution in [0.2, 0.25) is 5.02 Å². The fourth-order valence-electron chi connectivity index (χ4n) is 1.56. The highest BCUT2D eigenvalue weighted by molar-refractivity contribution is 9.11. The van der Waals surface area contributed by atoms with Crippen LogP contribution in [0.3, 0.4) is 0 Å². The number of nitrogens with zero attached hydrogens (tertiary/aromatic N) is 1. The maximum Gasteiger partial charge on any atom is 0.337 e. The average molecular weight is 420 g/mol. The van der Waals surface area contributed by atoms with Crippen LogP contribution in [0.5, 0.6) is 0 Å². The minimum atomic E-state index is -1.05. The van der Waals surface area contributed by atoms with Crippen molar-refractivity contribution in [2.75, 3.05) is 5.32 Å². The predicted octanol–water partition coefficient (Wildman–Crippen LogP) is 4.57. The lowest BCUT2D eigenvalue weighted by atomic mass is 10.2. The molecule has 0 aliphatic heterocycles. The molecule has 0 saturated heterocycles. The van der Waals surface area contributed by atoms with E-state index in [1.54, 1.807) is 18.3 Å². The van der Waals surface area contributed by atoms with Gasteiger partial charge >= 0.3 is 5.97 Å². The SMILES string of the molecule is O=C(O)c1cc(NCc2ncc(Br)cc2Br)ccc1Cl. The van der Waals surface area contributed by atoms with E-state index in [0.717, 1.165) is 14.6 Å². The lowest BCUT2D eigenvalue weighted by Crippen LogP contribution is -2.04. The Balaban J connectivity index is 2.15. The smallest absolute Gasteiger partial charge is 0.337 e. The number of aromatic carboxylic acids is 1. The van der Waals surface area contributed by atoms with Gasteiger partial charge in [-0.15, -0.1) is 0 Å². The lowest BCUT2D eigenvalue weighted by molar-refractivity contribution is 0.0697. The zero-order valence-corrected chi connectivity index (χ0v) is 14.0. The summed E-state index contributed by atoms with van der Waals surface area (Å²) in [5.74, 6) is -1.05. The molecule has 20 heavy (non-hydrogen) atoms. The summed E-state index contributed by atoms with van der Waals surface area (Å²) in [5, 5.41) is 12.3. The molecule has 0 spiro atoms. The van der Waals surface area contributed by atoms with Gasteiger partial charge in [0.2, 0.25) is 0 Å². The third kappa shape index (κ3) is 3.71. The van der Waals surface area contributed by atoms with Gasteiger partial charge < -0.3 is 10.4 Å². The van der Waals surface area contributed by atoms with Crippen molar-refractivity contribution in [3.63, 3.8) is 0 Å². The second-order valence-electron chi connectivity index (χ2n) is 3.94. The molecule has 0 bridgehead atoms. The molecule has 7 heteroatoms. The second-order valence-corrected chi connectivity index (χ2v) is 6.11. The van der Waals surface area contributed by atoms with Crippen molar-refractivity contribution in [1.82, 2.24) is 4.98 Å². The molecule has 1 aromatic carbocycles. The molecule has 2 N–H and O–H groups in total. The Hall–Kier alpha value is -1.11. The van der Waals surface area contributed by atoms with Crippen molar-refractivity contribution in [1.29, 1.82) is 0 Å². The molecule has 2 aromatic rings. The van der Waals surface area contributed by atoms with E-state index in [0.29, 0.717) is 12.2 Å². The molecular weight excluding hydrogens is 411 g/mol. The van der Waals surface area contributed by atoms with Gasteiger partial charge in [0.1, 0.15) is 0 Å². The maximum atomic E-state index is 11.0. The standard InChI is InChI=1S/C13H9Br2ClN2O2/c14-7-3-10(15)12(18-5-7)6-17-8-1-2-11(16)9(4-8)13(19)20/h1-5,17H,6H2,(H,19,20). The molecule has 4 nitrogen and oxygen atoms in total. The molecule has 1 aromatic heterocycles. The highest BCUT2D eigenvalue weighted by Gasteiger charge is 2.09. The van der Waals surface area contributed by atoms with E-state index < -0.39 is 5.97 Å². The Kier molecular flexibility index (Phi) is 5.01. The maximum absolute atomic E-state index is 11.0. The zero-order chi connectivity index (χ0) is 14.7. The second kappa shape index (κ2) is 6.56. The fourth-order valence-corrected chi connectivity index (χ4v) is 2.88. The Morgan fingerprint density at radius 3 is 2.75 bits per heavy atom. The van der Waals surface area contributed by atoms with Gasteiger partial charge in [0.15, 0.2) is 0 Å². The predicted molar refractivity (Wildman–Crippen MR) is 85.4 cm³/mol. The first-order valence-electron chi connectivity index (χ1n) is 5.54. The Bertz CT molecular complexity index is 665. The van der Waals surface area contributed by atoms with Gasteiger partial charge in [-0.2, -0.15) is 0 Å². The number of pyridine rings is 1. The molecule has 1 heterocycles. The normalized spacial score (nSPS) is 10.3. The van der Waals surface area contributed by atoms with Crippen LogP contribution >= 0.6 is 43.5 Å². The van der Waals surface area contributed by atoms with Crippen LogP contribution < -0.4 is 5.32 Å². The van der Waals surface area contributed by atoms with Gasteiger partial charge in [0.25, 0.3) is 0 Å². The summed E-state index contributed by atoms with van der Waals surface area (Å²) in [4.78, 5) is 15.3. The number of aromatic nitrogens is 1. The van der Waals surface area contributed by atoms with Crippen LogP contribution in [0.15, 0.2) is 39.4 Å². The third-order valence-electron chi connectivity index (χ3n) is 2.54. The molecule has 0 unspecified atom stereocenters. The van der Waals surface area contributed by atoms with Crippen LogP contribution in [-0.4, -0.2) is 16.1 Å².